The van der Waals surface area contributed by atoms with Gasteiger partial charge in [0.25, 0.3) is 0 Å². The third kappa shape index (κ3) is 1.25. The highest BCUT2D eigenvalue weighted by Gasteiger charge is 2.29. The first-order valence-electron chi connectivity index (χ1n) is 5.41. The van der Waals surface area contributed by atoms with E-state index in [0.717, 1.165) is 23.3 Å². The molecule has 1 aromatic rings. The van der Waals surface area contributed by atoms with Gasteiger partial charge in [0, 0.05) is 17.1 Å². The molecule has 2 heteroatoms. The second-order valence-electron chi connectivity index (χ2n) is 4.05. The summed E-state index contributed by atoms with van der Waals surface area (Å²) in [7, 11) is 0. The van der Waals surface area contributed by atoms with E-state index in [-0.39, 0.29) is 5.92 Å². The highest BCUT2D eigenvalue weighted by molar-refractivity contribution is 5.54. The zero-order valence-electron chi connectivity index (χ0n) is 8.81. The number of rotatable bonds is 0. The SMILES string of the molecule is N#CC1=CCC=C2COc3ccccc3C12. The molecule has 1 atom stereocenters. The predicted molar refractivity (Wildman–Crippen MR) is 61.1 cm³/mol. The zero-order valence-corrected chi connectivity index (χ0v) is 8.81. The summed E-state index contributed by atoms with van der Waals surface area (Å²) in [4.78, 5) is 0. The van der Waals surface area contributed by atoms with Gasteiger partial charge in [-0.15, -0.1) is 0 Å². The van der Waals surface area contributed by atoms with Crippen LogP contribution in [0.15, 0.2) is 47.6 Å². The van der Waals surface area contributed by atoms with Gasteiger partial charge in [-0.25, -0.2) is 0 Å². The third-order valence-corrected chi connectivity index (χ3v) is 3.15. The topological polar surface area (TPSA) is 33.0 Å². The fourth-order valence-electron chi connectivity index (χ4n) is 2.40. The first-order chi connectivity index (χ1) is 7.90. The minimum Gasteiger partial charge on any atom is -0.489 e. The fraction of sp³-hybridized carbons (Fsp3) is 0.214. The van der Waals surface area contributed by atoms with Gasteiger partial charge in [0.1, 0.15) is 12.4 Å². The molecule has 0 saturated carbocycles. The number of para-hydroxylation sites is 1. The highest BCUT2D eigenvalue weighted by atomic mass is 16.5. The standard InChI is InChI=1S/C14H11NO/c15-8-10-4-3-5-11-9-16-13-7-2-1-6-12(13)14(10)11/h1-2,4-7,14H,3,9H2. The lowest BCUT2D eigenvalue weighted by Gasteiger charge is -2.30. The van der Waals surface area contributed by atoms with Gasteiger partial charge < -0.3 is 4.74 Å². The van der Waals surface area contributed by atoms with Crippen molar-refractivity contribution in [2.45, 2.75) is 12.3 Å². The van der Waals surface area contributed by atoms with Crippen LogP contribution < -0.4 is 4.74 Å². The van der Waals surface area contributed by atoms with Crippen LogP contribution in [-0.4, -0.2) is 6.61 Å². The Kier molecular flexibility index (Phi) is 2.04. The lowest BCUT2D eigenvalue weighted by Crippen LogP contribution is -2.20. The molecule has 3 rings (SSSR count). The second-order valence-corrected chi connectivity index (χ2v) is 4.05. The maximum absolute atomic E-state index is 9.17. The Hall–Kier alpha value is -2.01. The van der Waals surface area contributed by atoms with Crippen molar-refractivity contribution < 1.29 is 4.74 Å². The Bertz CT molecular complexity index is 534. The number of nitriles is 1. The molecular formula is C14H11NO. The van der Waals surface area contributed by atoms with Crippen LogP contribution in [0.4, 0.5) is 0 Å². The van der Waals surface area contributed by atoms with Gasteiger partial charge in [0.05, 0.1) is 6.07 Å². The summed E-state index contributed by atoms with van der Waals surface area (Å²) >= 11 is 0. The van der Waals surface area contributed by atoms with Crippen LogP contribution in [-0.2, 0) is 0 Å². The van der Waals surface area contributed by atoms with E-state index in [2.05, 4.69) is 12.1 Å². The number of hydrogen-bond donors (Lipinski definition) is 0. The van der Waals surface area contributed by atoms with Crippen LogP contribution in [0.5, 0.6) is 5.75 Å². The predicted octanol–water partition coefficient (Wildman–Crippen LogP) is 2.94. The largest absolute Gasteiger partial charge is 0.489 e. The Morgan fingerprint density at radius 2 is 2.12 bits per heavy atom. The molecule has 0 fully saturated rings. The van der Waals surface area contributed by atoms with Gasteiger partial charge in [0.2, 0.25) is 0 Å². The summed E-state index contributed by atoms with van der Waals surface area (Å²) < 4.78 is 5.68. The average molecular weight is 209 g/mol. The van der Waals surface area contributed by atoms with Crippen molar-refractivity contribution in [2.75, 3.05) is 6.61 Å². The van der Waals surface area contributed by atoms with Crippen LogP contribution in [0.3, 0.4) is 0 Å². The molecule has 2 nitrogen and oxygen atoms in total. The van der Waals surface area contributed by atoms with Gasteiger partial charge in [-0.2, -0.15) is 5.26 Å². The summed E-state index contributed by atoms with van der Waals surface area (Å²) in [6.07, 6.45) is 5.03. The van der Waals surface area contributed by atoms with Crippen molar-refractivity contribution in [3.05, 3.63) is 53.1 Å². The highest BCUT2D eigenvalue weighted by Crippen LogP contribution is 2.42. The van der Waals surface area contributed by atoms with E-state index in [1.165, 1.54) is 5.57 Å². The molecule has 1 heterocycles. The van der Waals surface area contributed by atoms with Crippen LogP contribution in [0, 0.1) is 11.3 Å². The quantitative estimate of drug-likeness (QED) is 0.615. The molecule has 16 heavy (non-hydrogen) atoms. The van der Waals surface area contributed by atoms with E-state index < -0.39 is 0 Å². The molecular weight excluding hydrogens is 198 g/mol. The van der Waals surface area contributed by atoms with Crippen molar-refractivity contribution in [2.24, 2.45) is 0 Å². The van der Waals surface area contributed by atoms with Crippen LogP contribution in [0.2, 0.25) is 0 Å². The number of fused-ring (bicyclic) bond motifs is 3. The molecule has 0 amide bonds. The van der Waals surface area contributed by atoms with Gasteiger partial charge in [-0.3, -0.25) is 0 Å². The van der Waals surface area contributed by atoms with Crippen molar-refractivity contribution in [1.29, 1.82) is 5.26 Å². The summed E-state index contributed by atoms with van der Waals surface area (Å²) in [5.74, 6) is 1.04. The monoisotopic (exact) mass is 209 g/mol. The summed E-state index contributed by atoms with van der Waals surface area (Å²) in [6.45, 7) is 0.612. The maximum atomic E-state index is 9.17. The van der Waals surface area contributed by atoms with E-state index in [9.17, 15) is 0 Å². The number of hydrogen-bond acceptors (Lipinski definition) is 2. The number of allylic oxidation sites excluding steroid dienone is 3. The molecule has 2 aliphatic rings. The summed E-state index contributed by atoms with van der Waals surface area (Å²) in [6, 6.07) is 10.3. The molecule has 0 radical (unpaired) electrons. The van der Waals surface area contributed by atoms with Gasteiger partial charge >= 0.3 is 0 Å². The molecule has 0 spiro atoms. The fourth-order valence-corrected chi connectivity index (χ4v) is 2.40. The molecule has 1 unspecified atom stereocenters. The van der Waals surface area contributed by atoms with E-state index in [1.54, 1.807) is 0 Å². The van der Waals surface area contributed by atoms with Gasteiger partial charge in [-0.05, 0) is 18.1 Å². The van der Waals surface area contributed by atoms with E-state index >= 15 is 0 Å². The normalized spacial score (nSPS) is 21.8. The number of ether oxygens (including phenoxy) is 1. The molecule has 1 aromatic carbocycles. The molecule has 0 N–H and O–H groups in total. The number of benzene rings is 1. The second kappa shape index (κ2) is 3.53. The van der Waals surface area contributed by atoms with Gasteiger partial charge in [0.15, 0.2) is 0 Å². The lowest BCUT2D eigenvalue weighted by molar-refractivity contribution is 0.323. The van der Waals surface area contributed by atoms with Gasteiger partial charge in [-0.1, -0.05) is 30.4 Å². The minimum absolute atomic E-state index is 0.128. The third-order valence-electron chi connectivity index (χ3n) is 3.15. The molecule has 1 aliphatic carbocycles. The molecule has 0 saturated heterocycles. The first kappa shape index (κ1) is 9.23. The zero-order chi connectivity index (χ0) is 11.0. The Morgan fingerprint density at radius 1 is 1.25 bits per heavy atom. The minimum atomic E-state index is 0.128. The Balaban J connectivity index is 2.16. The average Bonchev–Trinajstić information content (AvgIpc) is 2.37. The van der Waals surface area contributed by atoms with Crippen molar-refractivity contribution in [3.8, 4) is 11.8 Å². The molecule has 0 bridgehead atoms. The Morgan fingerprint density at radius 3 is 3.00 bits per heavy atom. The van der Waals surface area contributed by atoms with E-state index in [1.807, 2.05) is 30.3 Å². The molecule has 0 aromatic heterocycles. The smallest absolute Gasteiger partial charge is 0.123 e. The van der Waals surface area contributed by atoms with E-state index in [4.69, 9.17) is 10.00 Å². The van der Waals surface area contributed by atoms with Crippen molar-refractivity contribution in [3.63, 3.8) is 0 Å². The lowest BCUT2D eigenvalue weighted by atomic mass is 9.80. The summed E-state index contributed by atoms with van der Waals surface area (Å²) in [5.41, 5.74) is 3.19. The Labute approximate surface area is 94.5 Å². The van der Waals surface area contributed by atoms with Crippen LogP contribution in [0.1, 0.15) is 17.9 Å². The molecule has 1 aliphatic heterocycles. The maximum Gasteiger partial charge on any atom is 0.123 e. The van der Waals surface area contributed by atoms with E-state index in [0.29, 0.717) is 6.61 Å². The van der Waals surface area contributed by atoms with Crippen molar-refractivity contribution >= 4 is 0 Å². The van der Waals surface area contributed by atoms with Crippen LogP contribution in [0.25, 0.3) is 0 Å². The van der Waals surface area contributed by atoms with Crippen molar-refractivity contribution in [1.82, 2.24) is 0 Å². The summed E-state index contributed by atoms with van der Waals surface area (Å²) in [5, 5.41) is 9.17. The number of nitrogens with zero attached hydrogens (tertiary/aromatic N) is 1. The first-order valence-corrected chi connectivity index (χ1v) is 5.41. The molecule has 78 valence electrons. The van der Waals surface area contributed by atoms with Crippen LogP contribution >= 0.6 is 0 Å².